The maximum Gasteiger partial charge on any atom is 0.353 e. The number of carbonyl (C=O) groups excluding carboxylic acids is 2. The van der Waals surface area contributed by atoms with E-state index in [1.165, 1.54) is 7.11 Å². The average Bonchev–Trinajstić information content (AvgIpc) is 2.93. The number of carbonyl (C=O) groups is 2. The molecule has 1 aliphatic rings. The second-order valence-electron chi connectivity index (χ2n) is 5.19. The minimum atomic E-state index is -1.69. The molecule has 0 aromatic heterocycles. The highest BCUT2D eigenvalue weighted by Gasteiger charge is 2.54. The first kappa shape index (κ1) is 15.0. The van der Waals surface area contributed by atoms with Gasteiger partial charge in [-0.25, -0.2) is 14.6 Å². The highest BCUT2D eigenvalue weighted by atomic mass is 16.6. The van der Waals surface area contributed by atoms with E-state index in [1.807, 2.05) is 36.4 Å². The minimum Gasteiger partial charge on any atom is -0.467 e. The van der Waals surface area contributed by atoms with Crippen LogP contribution in [-0.2, 0) is 25.5 Å². The van der Waals surface area contributed by atoms with E-state index in [0.29, 0.717) is 5.56 Å². The van der Waals surface area contributed by atoms with Crippen LogP contribution in [0.3, 0.4) is 0 Å². The molecule has 0 fully saturated rings. The SMILES string of the molecule is COC(=O)[C@@]1(Cc2ccccc2)N=C(c2ccccc2)OC1=O. The van der Waals surface area contributed by atoms with Gasteiger partial charge in [0.2, 0.25) is 5.90 Å². The van der Waals surface area contributed by atoms with Crippen LogP contribution in [0, 0.1) is 0 Å². The summed E-state index contributed by atoms with van der Waals surface area (Å²) in [6.07, 6.45) is 0.0929. The summed E-state index contributed by atoms with van der Waals surface area (Å²) >= 11 is 0. The Kier molecular flexibility index (Phi) is 3.93. The Morgan fingerprint density at radius 2 is 1.70 bits per heavy atom. The van der Waals surface area contributed by atoms with Gasteiger partial charge < -0.3 is 9.47 Å². The van der Waals surface area contributed by atoms with E-state index in [0.717, 1.165) is 5.56 Å². The lowest BCUT2D eigenvalue weighted by atomic mass is 9.92. The lowest BCUT2D eigenvalue weighted by Crippen LogP contribution is -2.45. The summed E-state index contributed by atoms with van der Waals surface area (Å²) < 4.78 is 10.1. The van der Waals surface area contributed by atoms with Gasteiger partial charge in [-0.3, -0.25) is 0 Å². The first-order valence-corrected chi connectivity index (χ1v) is 7.15. The lowest BCUT2D eigenvalue weighted by molar-refractivity contribution is -0.155. The Morgan fingerprint density at radius 1 is 1.09 bits per heavy atom. The zero-order chi connectivity index (χ0) is 16.3. The molecule has 5 nitrogen and oxygen atoms in total. The molecule has 0 spiro atoms. The predicted molar refractivity (Wildman–Crippen MR) is 84.0 cm³/mol. The van der Waals surface area contributed by atoms with Crippen LogP contribution in [0.5, 0.6) is 0 Å². The quantitative estimate of drug-likeness (QED) is 0.641. The van der Waals surface area contributed by atoms with Crippen molar-refractivity contribution in [2.75, 3.05) is 7.11 Å². The predicted octanol–water partition coefficient (Wildman–Crippen LogP) is 2.14. The Hall–Kier alpha value is -2.95. The van der Waals surface area contributed by atoms with E-state index in [4.69, 9.17) is 9.47 Å². The third kappa shape index (κ3) is 2.73. The Labute approximate surface area is 133 Å². The third-order valence-corrected chi connectivity index (χ3v) is 3.67. The fourth-order valence-corrected chi connectivity index (χ4v) is 2.49. The fourth-order valence-electron chi connectivity index (χ4n) is 2.49. The van der Waals surface area contributed by atoms with Crippen molar-refractivity contribution in [3.63, 3.8) is 0 Å². The second-order valence-corrected chi connectivity index (χ2v) is 5.19. The number of hydrogen-bond acceptors (Lipinski definition) is 5. The average molecular weight is 309 g/mol. The number of ether oxygens (including phenoxy) is 2. The number of esters is 2. The van der Waals surface area contributed by atoms with Crippen LogP contribution >= 0.6 is 0 Å². The number of rotatable bonds is 4. The van der Waals surface area contributed by atoms with Gasteiger partial charge in [0.25, 0.3) is 5.54 Å². The Bertz CT molecular complexity index is 755. The molecule has 0 N–H and O–H groups in total. The number of benzene rings is 2. The van der Waals surface area contributed by atoms with Crippen LogP contribution in [0.1, 0.15) is 11.1 Å². The summed E-state index contributed by atoms with van der Waals surface area (Å²) in [7, 11) is 1.23. The summed E-state index contributed by atoms with van der Waals surface area (Å²) in [5, 5.41) is 0. The lowest BCUT2D eigenvalue weighted by Gasteiger charge is -2.18. The molecule has 0 radical (unpaired) electrons. The molecule has 1 heterocycles. The zero-order valence-electron chi connectivity index (χ0n) is 12.6. The molecule has 0 saturated heterocycles. The van der Waals surface area contributed by atoms with Crippen LogP contribution in [0.15, 0.2) is 65.7 Å². The molecule has 23 heavy (non-hydrogen) atoms. The van der Waals surface area contributed by atoms with Gasteiger partial charge in [0.1, 0.15) is 0 Å². The molecule has 2 aromatic carbocycles. The number of methoxy groups -OCH3 is 1. The maximum atomic E-state index is 12.4. The van der Waals surface area contributed by atoms with Crippen molar-refractivity contribution in [1.29, 1.82) is 0 Å². The van der Waals surface area contributed by atoms with Gasteiger partial charge in [-0.15, -0.1) is 0 Å². The number of cyclic esters (lactones) is 1. The van der Waals surface area contributed by atoms with E-state index in [-0.39, 0.29) is 12.3 Å². The zero-order valence-corrected chi connectivity index (χ0v) is 12.6. The Morgan fingerprint density at radius 3 is 2.30 bits per heavy atom. The van der Waals surface area contributed by atoms with Gasteiger partial charge in [-0.05, 0) is 17.7 Å². The summed E-state index contributed by atoms with van der Waals surface area (Å²) in [4.78, 5) is 29.1. The van der Waals surface area contributed by atoms with Crippen molar-refractivity contribution in [2.24, 2.45) is 4.99 Å². The molecule has 1 atom stereocenters. The summed E-state index contributed by atoms with van der Waals surface area (Å²) in [5.41, 5.74) is -0.256. The van der Waals surface area contributed by atoms with Crippen molar-refractivity contribution < 1.29 is 19.1 Å². The maximum absolute atomic E-state index is 12.4. The van der Waals surface area contributed by atoms with Crippen molar-refractivity contribution in [3.05, 3.63) is 71.8 Å². The van der Waals surface area contributed by atoms with E-state index in [9.17, 15) is 9.59 Å². The fraction of sp³-hybridized carbons (Fsp3) is 0.167. The molecular formula is C18H15NO4. The van der Waals surface area contributed by atoms with Gasteiger partial charge in [0.15, 0.2) is 0 Å². The standard InChI is InChI=1S/C18H15NO4/c1-22-16(20)18(12-13-8-4-2-5-9-13)17(21)23-15(19-18)14-10-6-3-7-11-14/h2-11H,12H2,1H3/t18-/m1/s1. The van der Waals surface area contributed by atoms with Crippen molar-refractivity contribution >= 4 is 17.8 Å². The van der Waals surface area contributed by atoms with Crippen LogP contribution in [0.4, 0.5) is 0 Å². The molecular weight excluding hydrogens is 294 g/mol. The number of hydrogen-bond donors (Lipinski definition) is 0. The first-order chi connectivity index (χ1) is 11.2. The van der Waals surface area contributed by atoms with Crippen LogP contribution in [0.25, 0.3) is 0 Å². The molecule has 1 aliphatic heterocycles. The van der Waals surface area contributed by atoms with Gasteiger partial charge in [-0.2, -0.15) is 0 Å². The summed E-state index contributed by atoms with van der Waals surface area (Å²) in [6.45, 7) is 0. The van der Waals surface area contributed by atoms with Crippen LogP contribution in [0.2, 0.25) is 0 Å². The molecule has 2 aromatic rings. The van der Waals surface area contributed by atoms with Crippen molar-refractivity contribution in [2.45, 2.75) is 12.0 Å². The van der Waals surface area contributed by atoms with E-state index >= 15 is 0 Å². The van der Waals surface area contributed by atoms with Crippen molar-refractivity contribution in [3.8, 4) is 0 Å². The molecule has 0 unspecified atom stereocenters. The number of aliphatic imine (C=N–C) groups is 1. The van der Waals surface area contributed by atoms with Crippen LogP contribution in [-0.4, -0.2) is 30.5 Å². The van der Waals surface area contributed by atoms with Gasteiger partial charge in [0.05, 0.1) is 7.11 Å². The van der Waals surface area contributed by atoms with E-state index in [1.54, 1.807) is 24.3 Å². The summed E-state index contributed by atoms with van der Waals surface area (Å²) in [6, 6.07) is 18.2. The largest absolute Gasteiger partial charge is 0.467 e. The molecule has 3 rings (SSSR count). The van der Waals surface area contributed by atoms with Crippen LogP contribution < -0.4 is 0 Å². The first-order valence-electron chi connectivity index (χ1n) is 7.15. The highest BCUT2D eigenvalue weighted by Crippen LogP contribution is 2.29. The highest BCUT2D eigenvalue weighted by molar-refractivity contribution is 6.17. The second kappa shape index (κ2) is 6.04. The molecule has 0 saturated carbocycles. The molecule has 0 aliphatic carbocycles. The topological polar surface area (TPSA) is 65.0 Å². The molecule has 5 heteroatoms. The number of nitrogens with zero attached hydrogens (tertiary/aromatic N) is 1. The summed E-state index contributed by atoms with van der Waals surface area (Å²) in [5.74, 6) is -1.30. The third-order valence-electron chi connectivity index (χ3n) is 3.67. The molecule has 0 bridgehead atoms. The molecule has 116 valence electrons. The van der Waals surface area contributed by atoms with Gasteiger partial charge >= 0.3 is 11.9 Å². The monoisotopic (exact) mass is 309 g/mol. The molecule has 0 amide bonds. The Balaban J connectivity index is 2.03. The normalized spacial score (nSPS) is 19.9. The van der Waals surface area contributed by atoms with E-state index in [2.05, 4.69) is 4.99 Å². The van der Waals surface area contributed by atoms with E-state index < -0.39 is 17.5 Å². The van der Waals surface area contributed by atoms with Gasteiger partial charge in [-0.1, -0.05) is 48.5 Å². The minimum absolute atomic E-state index is 0.0929. The van der Waals surface area contributed by atoms with Crippen molar-refractivity contribution in [1.82, 2.24) is 0 Å². The van der Waals surface area contributed by atoms with Gasteiger partial charge in [0, 0.05) is 12.0 Å². The smallest absolute Gasteiger partial charge is 0.353 e.